The van der Waals surface area contributed by atoms with E-state index in [9.17, 15) is 4.79 Å². The normalized spacial score (nSPS) is 10.8. The third-order valence-corrected chi connectivity index (χ3v) is 6.78. The SMILES string of the molecule is CNc1nccc(-c2cccnc2Oc2ccc(NC(=O)Nc3cc(Br)ccc3N(C)CCCN(C)C)cc2C)n1. The largest absolute Gasteiger partial charge is 0.438 e. The quantitative estimate of drug-likeness (QED) is 0.175. The number of anilines is 4. The molecule has 2 amide bonds. The van der Waals surface area contributed by atoms with Gasteiger partial charge >= 0.3 is 6.03 Å². The first-order valence-corrected chi connectivity index (χ1v) is 14.0. The number of carbonyl (C=O) groups excluding carboxylic acids is 1. The minimum atomic E-state index is -0.338. The molecule has 0 aliphatic carbocycles. The summed E-state index contributed by atoms with van der Waals surface area (Å²) in [6.45, 7) is 3.77. The highest BCUT2D eigenvalue weighted by molar-refractivity contribution is 9.10. The predicted octanol–water partition coefficient (Wildman–Crippen LogP) is 6.48. The Bertz CT molecular complexity index is 1500. The van der Waals surface area contributed by atoms with Gasteiger partial charge in [0.15, 0.2) is 0 Å². The van der Waals surface area contributed by atoms with E-state index in [0.717, 1.165) is 46.5 Å². The average molecular weight is 620 g/mol. The molecule has 0 atom stereocenters. The number of hydrogen-bond donors (Lipinski definition) is 3. The number of ether oxygens (including phenoxy) is 1. The highest BCUT2D eigenvalue weighted by Gasteiger charge is 2.14. The molecule has 41 heavy (non-hydrogen) atoms. The van der Waals surface area contributed by atoms with Gasteiger partial charge in [-0.05, 0) is 94.1 Å². The Morgan fingerprint density at radius 3 is 2.56 bits per heavy atom. The maximum absolute atomic E-state index is 13.0. The van der Waals surface area contributed by atoms with Gasteiger partial charge in [0.1, 0.15) is 5.75 Å². The molecule has 0 fully saturated rings. The zero-order chi connectivity index (χ0) is 29.4. The summed E-state index contributed by atoms with van der Waals surface area (Å²) in [7, 11) is 7.92. The van der Waals surface area contributed by atoms with E-state index in [1.807, 2.05) is 62.5 Å². The van der Waals surface area contributed by atoms with E-state index >= 15 is 0 Å². The average Bonchev–Trinajstić information content (AvgIpc) is 2.94. The molecular formula is C30H35BrN8O2. The predicted molar refractivity (Wildman–Crippen MR) is 169 cm³/mol. The van der Waals surface area contributed by atoms with Crippen LogP contribution in [0.2, 0.25) is 0 Å². The van der Waals surface area contributed by atoms with Gasteiger partial charge in [-0.15, -0.1) is 0 Å². The van der Waals surface area contributed by atoms with Crippen LogP contribution in [0, 0.1) is 6.92 Å². The number of amides is 2. The van der Waals surface area contributed by atoms with Crippen LogP contribution in [0.15, 0.2) is 71.5 Å². The Morgan fingerprint density at radius 2 is 1.80 bits per heavy atom. The Morgan fingerprint density at radius 1 is 0.976 bits per heavy atom. The number of nitrogens with one attached hydrogen (secondary N) is 3. The molecule has 214 valence electrons. The first-order chi connectivity index (χ1) is 19.7. The molecule has 0 aliphatic rings. The van der Waals surface area contributed by atoms with Gasteiger partial charge in [-0.25, -0.2) is 19.7 Å². The van der Waals surface area contributed by atoms with E-state index in [4.69, 9.17) is 4.74 Å². The smallest absolute Gasteiger partial charge is 0.323 e. The number of benzene rings is 2. The zero-order valence-corrected chi connectivity index (χ0v) is 25.5. The van der Waals surface area contributed by atoms with Gasteiger partial charge in [0.2, 0.25) is 11.8 Å². The van der Waals surface area contributed by atoms with E-state index in [2.05, 4.69) is 70.7 Å². The Kier molecular flexibility index (Phi) is 10.1. The molecule has 2 heterocycles. The number of rotatable bonds is 11. The summed E-state index contributed by atoms with van der Waals surface area (Å²) in [4.78, 5) is 30.4. The summed E-state index contributed by atoms with van der Waals surface area (Å²) in [5, 5.41) is 8.87. The van der Waals surface area contributed by atoms with Crippen molar-refractivity contribution in [2.24, 2.45) is 0 Å². The van der Waals surface area contributed by atoms with Crippen molar-refractivity contribution in [3.05, 3.63) is 77.0 Å². The van der Waals surface area contributed by atoms with Crippen LogP contribution in [0.25, 0.3) is 11.3 Å². The van der Waals surface area contributed by atoms with Crippen LogP contribution in [-0.4, -0.2) is 67.2 Å². The molecule has 10 nitrogen and oxygen atoms in total. The number of urea groups is 1. The fraction of sp³-hybridized carbons (Fsp3) is 0.267. The number of carbonyl (C=O) groups is 1. The van der Waals surface area contributed by atoms with E-state index < -0.39 is 0 Å². The lowest BCUT2D eigenvalue weighted by Crippen LogP contribution is -2.26. The van der Waals surface area contributed by atoms with Crippen molar-refractivity contribution in [3.63, 3.8) is 0 Å². The van der Waals surface area contributed by atoms with Gasteiger partial charge in [0.25, 0.3) is 0 Å². The highest BCUT2D eigenvalue weighted by atomic mass is 79.9. The van der Waals surface area contributed by atoms with Crippen molar-refractivity contribution >= 4 is 45.0 Å². The number of halogens is 1. The molecule has 0 bridgehead atoms. The van der Waals surface area contributed by atoms with E-state index in [1.165, 1.54) is 0 Å². The second-order valence-electron chi connectivity index (χ2n) is 9.77. The molecule has 0 saturated carbocycles. The fourth-order valence-electron chi connectivity index (χ4n) is 4.21. The van der Waals surface area contributed by atoms with E-state index in [-0.39, 0.29) is 6.03 Å². The van der Waals surface area contributed by atoms with Crippen LogP contribution in [0.1, 0.15) is 12.0 Å². The molecule has 0 saturated heterocycles. The molecule has 0 radical (unpaired) electrons. The molecule has 4 aromatic rings. The second kappa shape index (κ2) is 13.9. The first-order valence-electron chi connectivity index (χ1n) is 13.2. The highest BCUT2D eigenvalue weighted by Crippen LogP contribution is 2.33. The van der Waals surface area contributed by atoms with Crippen molar-refractivity contribution in [1.29, 1.82) is 0 Å². The lowest BCUT2D eigenvalue weighted by atomic mass is 10.2. The number of nitrogens with zero attached hydrogens (tertiary/aromatic N) is 5. The Balaban J connectivity index is 1.45. The Labute approximate surface area is 249 Å². The molecule has 2 aromatic heterocycles. The number of pyridine rings is 1. The molecule has 3 N–H and O–H groups in total. The molecule has 0 unspecified atom stereocenters. The molecule has 2 aromatic carbocycles. The lowest BCUT2D eigenvalue weighted by molar-refractivity contribution is 0.262. The molecule has 4 rings (SSSR count). The van der Waals surface area contributed by atoms with Gasteiger partial charge in [0, 0.05) is 43.2 Å². The van der Waals surface area contributed by atoms with Gasteiger partial charge in [0.05, 0.1) is 22.6 Å². The summed E-state index contributed by atoms with van der Waals surface area (Å²) in [6.07, 6.45) is 4.36. The van der Waals surface area contributed by atoms with Crippen molar-refractivity contribution in [1.82, 2.24) is 19.9 Å². The van der Waals surface area contributed by atoms with Crippen LogP contribution in [0.4, 0.5) is 27.8 Å². The topological polar surface area (TPSA) is 108 Å². The van der Waals surface area contributed by atoms with Crippen molar-refractivity contribution < 1.29 is 9.53 Å². The Hall–Kier alpha value is -4.22. The maximum atomic E-state index is 13.0. The maximum Gasteiger partial charge on any atom is 0.323 e. The molecule has 0 aliphatic heterocycles. The summed E-state index contributed by atoms with van der Waals surface area (Å²) in [6, 6.07) is 16.5. The van der Waals surface area contributed by atoms with Crippen molar-refractivity contribution in [3.8, 4) is 22.9 Å². The first kappa shape index (κ1) is 29.8. The number of hydrogen-bond acceptors (Lipinski definition) is 8. The summed E-state index contributed by atoms with van der Waals surface area (Å²) < 4.78 is 7.07. The third-order valence-electron chi connectivity index (χ3n) is 6.28. The van der Waals surface area contributed by atoms with E-state index in [1.54, 1.807) is 25.5 Å². The number of aryl methyl sites for hydroxylation is 1. The fourth-order valence-corrected chi connectivity index (χ4v) is 4.57. The minimum absolute atomic E-state index is 0.338. The summed E-state index contributed by atoms with van der Waals surface area (Å²) >= 11 is 3.52. The van der Waals surface area contributed by atoms with Crippen molar-refractivity contribution in [2.45, 2.75) is 13.3 Å². The van der Waals surface area contributed by atoms with Gasteiger partial charge in [-0.3, -0.25) is 0 Å². The van der Waals surface area contributed by atoms with Crippen LogP contribution in [0.3, 0.4) is 0 Å². The standard InChI is InChI=1S/C30H35BrN8O2/c1-20-18-22(35-30(40)37-25-19-21(31)9-11-26(25)39(5)17-7-16-38(3)4)10-12-27(20)41-28-23(8-6-14-33-28)24-13-15-34-29(32-2)36-24/h6,8-15,18-19H,7,16-17H2,1-5H3,(H,32,34,36)(H2,35,37,40). The minimum Gasteiger partial charge on any atom is -0.438 e. The van der Waals surface area contributed by atoms with Gasteiger partial charge in [-0.1, -0.05) is 15.9 Å². The molecule has 0 spiro atoms. The van der Waals surface area contributed by atoms with Gasteiger partial charge in [-0.2, -0.15) is 0 Å². The van der Waals surface area contributed by atoms with Gasteiger partial charge < -0.3 is 30.5 Å². The monoisotopic (exact) mass is 618 g/mol. The van der Waals surface area contributed by atoms with E-state index in [0.29, 0.717) is 29.0 Å². The third kappa shape index (κ3) is 8.15. The lowest BCUT2D eigenvalue weighted by Gasteiger charge is -2.24. The van der Waals surface area contributed by atoms with Crippen LogP contribution in [-0.2, 0) is 0 Å². The summed E-state index contributed by atoms with van der Waals surface area (Å²) in [5.74, 6) is 1.55. The number of aromatic nitrogens is 3. The van der Waals surface area contributed by atoms with Crippen LogP contribution >= 0.6 is 15.9 Å². The van der Waals surface area contributed by atoms with Crippen LogP contribution in [0.5, 0.6) is 11.6 Å². The summed E-state index contributed by atoms with van der Waals surface area (Å²) in [5.41, 5.74) is 4.56. The second-order valence-corrected chi connectivity index (χ2v) is 10.7. The van der Waals surface area contributed by atoms with Crippen LogP contribution < -0.4 is 25.6 Å². The zero-order valence-electron chi connectivity index (χ0n) is 23.9. The molecule has 11 heteroatoms. The van der Waals surface area contributed by atoms with Crippen molar-refractivity contribution in [2.75, 3.05) is 62.1 Å². The molecular weight excluding hydrogens is 584 g/mol.